The molecule has 1 aromatic heterocycles. The molecule has 6 nitrogen and oxygen atoms in total. The molecule has 2 atom stereocenters. The SMILES string of the molecule is CCOc1ccc(C2(C(=O)OC#N)C(Cl)(Cl)C2(C)c2ccc(F)c(Oc3ccccc3)n2)cc1. The maximum absolute atomic E-state index is 14.6. The lowest BCUT2D eigenvalue weighted by molar-refractivity contribution is -0.140. The van der Waals surface area contributed by atoms with Crippen LogP contribution in [0.1, 0.15) is 25.1 Å². The van der Waals surface area contributed by atoms with Crippen molar-refractivity contribution in [1.82, 2.24) is 4.98 Å². The lowest BCUT2D eigenvalue weighted by atomic mass is 9.84. The predicted octanol–water partition coefficient (Wildman–Crippen LogP) is 5.82. The summed E-state index contributed by atoms with van der Waals surface area (Å²) in [6.45, 7) is 3.90. The zero-order valence-corrected chi connectivity index (χ0v) is 19.7. The minimum Gasteiger partial charge on any atom is -0.494 e. The lowest BCUT2D eigenvalue weighted by Gasteiger charge is -2.20. The van der Waals surface area contributed by atoms with Crippen LogP contribution in [0.3, 0.4) is 0 Å². The maximum Gasteiger partial charge on any atom is 0.336 e. The third-order valence-corrected chi connectivity index (χ3v) is 7.44. The van der Waals surface area contributed by atoms with Gasteiger partial charge in [0.25, 0.3) is 12.1 Å². The summed E-state index contributed by atoms with van der Waals surface area (Å²) in [5, 5.41) is 9.06. The molecule has 0 aliphatic heterocycles. The molecule has 0 amide bonds. The first-order chi connectivity index (χ1) is 16.2. The Morgan fingerprint density at radius 3 is 2.35 bits per heavy atom. The van der Waals surface area contributed by atoms with Crippen LogP contribution in [0.5, 0.6) is 17.4 Å². The number of nitriles is 1. The first-order valence-corrected chi connectivity index (χ1v) is 11.1. The van der Waals surface area contributed by atoms with Crippen molar-refractivity contribution < 1.29 is 23.4 Å². The number of alkyl halides is 2. The normalized spacial score (nSPS) is 22.4. The molecule has 0 saturated heterocycles. The van der Waals surface area contributed by atoms with Crippen LogP contribution in [0.4, 0.5) is 4.39 Å². The Balaban J connectivity index is 1.83. The zero-order chi connectivity index (χ0) is 24.6. The highest BCUT2D eigenvalue weighted by molar-refractivity contribution is 6.56. The number of carbonyl (C=O) groups is 1. The molecule has 0 radical (unpaired) electrons. The lowest BCUT2D eigenvalue weighted by Crippen LogP contribution is -2.32. The molecule has 0 spiro atoms. The van der Waals surface area contributed by atoms with E-state index in [2.05, 4.69) is 4.98 Å². The van der Waals surface area contributed by atoms with Crippen LogP contribution in [0.25, 0.3) is 0 Å². The monoisotopic (exact) mass is 500 g/mol. The second kappa shape index (κ2) is 8.79. The van der Waals surface area contributed by atoms with Gasteiger partial charge in [-0.25, -0.2) is 14.2 Å². The Labute approximate surface area is 205 Å². The standard InChI is InChI=1S/C25H19Cl2FN2O4/c1-3-32-17-11-9-16(10-12-17)24(22(31)33-15-29)23(2,25(24,26)27)20-14-13-19(28)21(30-20)34-18-7-5-4-6-8-18/h4-14H,3H2,1-2H3. The van der Waals surface area contributed by atoms with Crippen molar-refractivity contribution in [2.75, 3.05) is 6.61 Å². The van der Waals surface area contributed by atoms with Crippen LogP contribution in [0.2, 0.25) is 0 Å². The van der Waals surface area contributed by atoms with Crippen LogP contribution >= 0.6 is 23.2 Å². The molecule has 0 N–H and O–H groups in total. The fourth-order valence-corrected chi connectivity index (χ4v) is 5.49. The van der Waals surface area contributed by atoms with Crippen molar-refractivity contribution in [1.29, 1.82) is 5.26 Å². The molecule has 174 valence electrons. The largest absolute Gasteiger partial charge is 0.494 e. The third-order valence-electron chi connectivity index (χ3n) is 6.11. The highest BCUT2D eigenvalue weighted by atomic mass is 35.5. The van der Waals surface area contributed by atoms with E-state index in [1.165, 1.54) is 12.3 Å². The molecule has 1 aliphatic carbocycles. The second-order valence-corrected chi connectivity index (χ2v) is 9.11. The molecular formula is C25H19Cl2FN2O4. The van der Waals surface area contributed by atoms with E-state index in [0.29, 0.717) is 23.7 Å². The average molecular weight is 501 g/mol. The summed E-state index contributed by atoms with van der Waals surface area (Å²) in [6, 6.07) is 17.7. The second-order valence-electron chi connectivity index (χ2n) is 7.79. The molecule has 4 rings (SSSR count). The number of rotatable bonds is 7. The Morgan fingerprint density at radius 2 is 1.74 bits per heavy atom. The number of hydrogen-bond acceptors (Lipinski definition) is 6. The summed E-state index contributed by atoms with van der Waals surface area (Å²) in [5.41, 5.74) is -2.53. The number of pyridine rings is 1. The summed E-state index contributed by atoms with van der Waals surface area (Å²) in [5.74, 6) is -1.03. The molecule has 34 heavy (non-hydrogen) atoms. The quantitative estimate of drug-likeness (QED) is 0.231. The van der Waals surface area contributed by atoms with E-state index in [4.69, 9.17) is 42.7 Å². The Hall–Kier alpha value is -3.34. The van der Waals surface area contributed by atoms with E-state index >= 15 is 0 Å². The molecule has 9 heteroatoms. The van der Waals surface area contributed by atoms with E-state index in [9.17, 15) is 9.18 Å². The number of halogens is 3. The topological polar surface area (TPSA) is 81.4 Å². The molecule has 0 bridgehead atoms. The van der Waals surface area contributed by atoms with Gasteiger partial charge >= 0.3 is 5.97 Å². The highest BCUT2D eigenvalue weighted by Crippen LogP contribution is 2.78. The van der Waals surface area contributed by atoms with E-state index in [0.717, 1.165) is 6.07 Å². The van der Waals surface area contributed by atoms with Gasteiger partial charge in [-0.2, -0.15) is 0 Å². The van der Waals surface area contributed by atoms with Gasteiger partial charge in [0.05, 0.1) is 17.7 Å². The van der Waals surface area contributed by atoms with Gasteiger partial charge in [-0.3, -0.25) is 0 Å². The summed E-state index contributed by atoms with van der Waals surface area (Å²) in [7, 11) is 0. The number of esters is 1. The van der Waals surface area contributed by atoms with Gasteiger partial charge in [0.15, 0.2) is 10.2 Å². The smallest absolute Gasteiger partial charge is 0.336 e. The van der Waals surface area contributed by atoms with Crippen LogP contribution in [0.15, 0.2) is 66.7 Å². The van der Waals surface area contributed by atoms with E-state index in [1.807, 2.05) is 6.92 Å². The Kier molecular flexibility index (Phi) is 6.15. The molecule has 3 aromatic rings. The van der Waals surface area contributed by atoms with E-state index in [1.54, 1.807) is 61.5 Å². The van der Waals surface area contributed by atoms with Crippen molar-refractivity contribution in [2.45, 2.75) is 29.0 Å². The molecular weight excluding hydrogens is 482 g/mol. The molecule has 1 aliphatic rings. The highest BCUT2D eigenvalue weighted by Gasteiger charge is 2.91. The molecule has 2 aromatic carbocycles. The first kappa shape index (κ1) is 23.8. The predicted molar refractivity (Wildman–Crippen MR) is 123 cm³/mol. The van der Waals surface area contributed by atoms with Crippen molar-refractivity contribution in [2.24, 2.45) is 0 Å². The average Bonchev–Trinajstić information content (AvgIpc) is 3.25. The molecule has 1 saturated carbocycles. The summed E-state index contributed by atoms with van der Waals surface area (Å²) < 4.78 is 28.6. The summed E-state index contributed by atoms with van der Waals surface area (Å²) in [4.78, 5) is 17.5. The van der Waals surface area contributed by atoms with Crippen LogP contribution in [-0.2, 0) is 20.4 Å². The Morgan fingerprint density at radius 1 is 1.06 bits per heavy atom. The van der Waals surface area contributed by atoms with Gasteiger partial charge in [0.1, 0.15) is 16.9 Å². The Bertz CT molecular complexity index is 1260. The summed E-state index contributed by atoms with van der Waals surface area (Å²) in [6.07, 6.45) is 1.40. The number of benzene rings is 2. The summed E-state index contributed by atoms with van der Waals surface area (Å²) >= 11 is 13.5. The van der Waals surface area contributed by atoms with Gasteiger partial charge in [0.2, 0.25) is 0 Å². The molecule has 1 fully saturated rings. The number of nitrogens with zero attached hydrogens (tertiary/aromatic N) is 2. The van der Waals surface area contributed by atoms with Gasteiger partial charge in [-0.15, -0.1) is 5.26 Å². The minimum absolute atomic E-state index is 0.189. The fraction of sp³-hybridized carbons (Fsp3) is 0.240. The van der Waals surface area contributed by atoms with Crippen LogP contribution in [0, 0.1) is 17.3 Å². The number of ether oxygens (including phenoxy) is 3. The minimum atomic E-state index is -1.78. The van der Waals surface area contributed by atoms with E-state index < -0.39 is 26.9 Å². The van der Waals surface area contributed by atoms with E-state index in [-0.39, 0.29) is 11.6 Å². The van der Waals surface area contributed by atoms with Gasteiger partial charge in [0, 0.05) is 0 Å². The van der Waals surface area contributed by atoms with Crippen molar-refractivity contribution in [3.05, 3.63) is 83.8 Å². The zero-order valence-electron chi connectivity index (χ0n) is 18.2. The van der Waals surface area contributed by atoms with Crippen molar-refractivity contribution in [3.8, 4) is 23.6 Å². The third kappa shape index (κ3) is 3.37. The first-order valence-electron chi connectivity index (χ1n) is 10.4. The van der Waals surface area contributed by atoms with Crippen molar-refractivity contribution >= 4 is 29.2 Å². The number of hydrogen-bond donors (Lipinski definition) is 0. The van der Waals surface area contributed by atoms with Gasteiger partial charge in [-0.1, -0.05) is 53.5 Å². The number of carbonyl (C=O) groups excluding carboxylic acids is 1. The molecule has 1 heterocycles. The van der Waals surface area contributed by atoms with Crippen LogP contribution < -0.4 is 9.47 Å². The number of para-hydroxylation sites is 1. The van der Waals surface area contributed by atoms with Crippen molar-refractivity contribution in [3.63, 3.8) is 0 Å². The van der Waals surface area contributed by atoms with Crippen LogP contribution in [-0.4, -0.2) is 21.9 Å². The fourth-order valence-electron chi connectivity index (χ4n) is 4.36. The van der Waals surface area contributed by atoms with Gasteiger partial charge in [-0.05, 0) is 55.8 Å². The maximum atomic E-state index is 14.6. The molecule has 2 unspecified atom stereocenters. The van der Waals surface area contributed by atoms with Gasteiger partial charge < -0.3 is 14.2 Å². The number of aromatic nitrogens is 1.